The number of carbonyl (C=O) groups excluding carboxylic acids is 4. The molecule has 1 aliphatic carbocycles. The molecule has 1 rings (SSSR count). The quantitative estimate of drug-likeness (QED) is 0.555. The second-order valence-electron chi connectivity index (χ2n) is 3.20. The SMILES string of the molecule is Cl.O=C(Cl)C#CC(=O)Cl.O=C(Cl)[C@@H]1CC[C@H]1C(=O)Cl. The molecular formula is C10H7Cl5O4. The van der Waals surface area contributed by atoms with Gasteiger partial charge in [0.15, 0.2) is 0 Å². The van der Waals surface area contributed by atoms with E-state index >= 15 is 0 Å². The van der Waals surface area contributed by atoms with Crippen LogP contribution in [0.15, 0.2) is 0 Å². The molecule has 0 spiro atoms. The van der Waals surface area contributed by atoms with Gasteiger partial charge in [-0.2, -0.15) is 0 Å². The van der Waals surface area contributed by atoms with Gasteiger partial charge in [-0.3, -0.25) is 19.2 Å². The first-order valence-electron chi connectivity index (χ1n) is 4.55. The van der Waals surface area contributed by atoms with Crippen molar-refractivity contribution >= 4 is 79.8 Å². The van der Waals surface area contributed by atoms with Gasteiger partial charge in [-0.15, -0.1) is 12.4 Å². The summed E-state index contributed by atoms with van der Waals surface area (Å²) in [7, 11) is 0. The maximum absolute atomic E-state index is 10.5. The lowest BCUT2D eigenvalue weighted by Gasteiger charge is -2.30. The first kappa shape index (κ1) is 21.0. The zero-order valence-corrected chi connectivity index (χ0v) is 13.0. The average molecular weight is 368 g/mol. The summed E-state index contributed by atoms with van der Waals surface area (Å²) in [4.78, 5) is 40.4. The molecule has 106 valence electrons. The van der Waals surface area contributed by atoms with Gasteiger partial charge < -0.3 is 0 Å². The van der Waals surface area contributed by atoms with Crippen LogP contribution >= 0.6 is 58.8 Å². The van der Waals surface area contributed by atoms with Crippen molar-refractivity contribution < 1.29 is 19.2 Å². The van der Waals surface area contributed by atoms with Crippen molar-refractivity contribution in [1.82, 2.24) is 0 Å². The molecule has 1 saturated carbocycles. The summed E-state index contributed by atoms with van der Waals surface area (Å²) in [5, 5.41) is -2.66. The first-order valence-corrected chi connectivity index (χ1v) is 6.06. The molecule has 0 aromatic carbocycles. The van der Waals surface area contributed by atoms with Gasteiger partial charge in [-0.05, 0) is 71.1 Å². The molecule has 19 heavy (non-hydrogen) atoms. The Bertz CT molecular complexity index is 399. The van der Waals surface area contributed by atoms with Crippen molar-refractivity contribution in [3.05, 3.63) is 0 Å². The van der Waals surface area contributed by atoms with Gasteiger partial charge in [0.05, 0.1) is 0 Å². The van der Waals surface area contributed by atoms with Crippen molar-refractivity contribution in [3.8, 4) is 11.8 Å². The van der Waals surface area contributed by atoms with Crippen molar-refractivity contribution in [1.29, 1.82) is 0 Å². The number of hydrogen-bond donors (Lipinski definition) is 0. The lowest BCUT2D eigenvalue weighted by atomic mass is 9.75. The van der Waals surface area contributed by atoms with Gasteiger partial charge in [-0.1, -0.05) is 0 Å². The minimum Gasteiger partial charge on any atom is -0.281 e. The first-order chi connectivity index (χ1) is 8.25. The summed E-state index contributed by atoms with van der Waals surface area (Å²) in [5.41, 5.74) is 0. The zero-order chi connectivity index (χ0) is 14.3. The van der Waals surface area contributed by atoms with Crippen molar-refractivity contribution in [2.24, 2.45) is 11.8 Å². The Hall–Kier alpha value is -0.310. The van der Waals surface area contributed by atoms with Gasteiger partial charge in [0.1, 0.15) is 0 Å². The van der Waals surface area contributed by atoms with Crippen LogP contribution < -0.4 is 0 Å². The highest BCUT2D eigenvalue weighted by Crippen LogP contribution is 2.37. The summed E-state index contributed by atoms with van der Waals surface area (Å²) in [6.07, 6.45) is 1.40. The highest BCUT2D eigenvalue weighted by atomic mass is 35.5. The molecule has 0 saturated heterocycles. The molecule has 0 aromatic rings. The van der Waals surface area contributed by atoms with E-state index in [-0.39, 0.29) is 24.2 Å². The molecule has 2 atom stereocenters. The topological polar surface area (TPSA) is 68.3 Å². The van der Waals surface area contributed by atoms with Crippen molar-refractivity contribution in [2.45, 2.75) is 12.8 Å². The van der Waals surface area contributed by atoms with Crippen LogP contribution in [-0.2, 0) is 19.2 Å². The molecule has 1 fully saturated rings. The number of halogens is 5. The van der Waals surface area contributed by atoms with E-state index in [0.717, 1.165) is 0 Å². The Morgan fingerprint density at radius 3 is 1.11 bits per heavy atom. The molecule has 4 nitrogen and oxygen atoms in total. The number of rotatable bonds is 2. The number of hydrogen-bond acceptors (Lipinski definition) is 4. The van der Waals surface area contributed by atoms with E-state index in [0.29, 0.717) is 12.8 Å². The summed E-state index contributed by atoms with van der Waals surface area (Å²) in [6.45, 7) is 0. The van der Waals surface area contributed by atoms with Crippen LogP contribution in [0.4, 0.5) is 0 Å². The molecule has 0 unspecified atom stereocenters. The second-order valence-corrected chi connectivity index (χ2v) is 4.63. The van der Waals surface area contributed by atoms with Crippen LogP contribution in [-0.4, -0.2) is 21.0 Å². The summed E-state index contributed by atoms with van der Waals surface area (Å²) in [5.74, 6) is 2.85. The van der Waals surface area contributed by atoms with E-state index in [9.17, 15) is 19.2 Å². The third-order valence-corrected chi connectivity index (χ3v) is 2.87. The Morgan fingerprint density at radius 2 is 1.00 bits per heavy atom. The molecule has 0 aliphatic heterocycles. The molecular weight excluding hydrogens is 361 g/mol. The molecule has 9 heteroatoms. The molecule has 0 bridgehead atoms. The standard InChI is InChI=1S/C6H6Cl2O2.C4Cl2O2.ClH/c7-5(9)3-1-2-4(3)6(8)10;5-3(7)1-2-4(6)8;/h3-4H,1-2H2;;1H/t3-,4-;;/m1../s1. The van der Waals surface area contributed by atoms with E-state index in [4.69, 9.17) is 46.4 Å². The lowest BCUT2D eigenvalue weighted by molar-refractivity contribution is -0.128. The predicted molar refractivity (Wildman–Crippen MR) is 74.7 cm³/mol. The van der Waals surface area contributed by atoms with E-state index in [1.165, 1.54) is 0 Å². The zero-order valence-electron chi connectivity index (χ0n) is 9.12. The van der Waals surface area contributed by atoms with Gasteiger partial charge in [-0.25, -0.2) is 0 Å². The highest BCUT2D eigenvalue weighted by molar-refractivity contribution is 6.71. The Labute approximate surface area is 135 Å². The summed E-state index contributed by atoms with van der Waals surface area (Å²) >= 11 is 19.7. The predicted octanol–water partition coefficient (Wildman–Crippen LogP) is 2.49. The van der Waals surface area contributed by atoms with Crippen LogP contribution in [0.1, 0.15) is 12.8 Å². The van der Waals surface area contributed by atoms with Gasteiger partial charge in [0.2, 0.25) is 10.5 Å². The lowest BCUT2D eigenvalue weighted by Crippen LogP contribution is -2.34. The van der Waals surface area contributed by atoms with Crippen LogP contribution in [0.3, 0.4) is 0 Å². The van der Waals surface area contributed by atoms with E-state index in [1.807, 2.05) is 0 Å². The fraction of sp³-hybridized carbons (Fsp3) is 0.400. The fourth-order valence-corrected chi connectivity index (χ4v) is 1.76. The van der Waals surface area contributed by atoms with Crippen LogP contribution in [0, 0.1) is 23.7 Å². The van der Waals surface area contributed by atoms with Gasteiger partial charge in [0, 0.05) is 11.8 Å². The Kier molecular flexibility index (Phi) is 11.6. The largest absolute Gasteiger partial charge is 0.296 e. The highest BCUT2D eigenvalue weighted by Gasteiger charge is 2.39. The molecule has 0 amide bonds. The second kappa shape index (κ2) is 10.5. The third-order valence-electron chi connectivity index (χ3n) is 2.12. The van der Waals surface area contributed by atoms with Gasteiger partial charge in [0.25, 0.3) is 10.5 Å². The van der Waals surface area contributed by atoms with Crippen LogP contribution in [0.25, 0.3) is 0 Å². The van der Waals surface area contributed by atoms with Gasteiger partial charge >= 0.3 is 0 Å². The van der Waals surface area contributed by atoms with Crippen molar-refractivity contribution in [2.75, 3.05) is 0 Å². The minimum absolute atomic E-state index is 0. The van der Waals surface area contributed by atoms with E-state index in [1.54, 1.807) is 11.8 Å². The van der Waals surface area contributed by atoms with E-state index in [2.05, 4.69) is 0 Å². The molecule has 0 heterocycles. The third kappa shape index (κ3) is 9.26. The fourth-order valence-electron chi connectivity index (χ4n) is 1.14. The number of carbonyl (C=O) groups is 4. The summed E-state index contributed by atoms with van der Waals surface area (Å²) in [6, 6.07) is 0. The normalized spacial score (nSPS) is 19.2. The molecule has 0 radical (unpaired) electrons. The minimum atomic E-state index is -0.890. The smallest absolute Gasteiger partial charge is 0.281 e. The maximum Gasteiger partial charge on any atom is 0.296 e. The molecule has 1 aliphatic rings. The molecule has 0 aromatic heterocycles. The molecule has 0 N–H and O–H groups in total. The van der Waals surface area contributed by atoms with E-state index < -0.39 is 21.0 Å². The Morgan fingerprint density at radius 1 is 0.737 bits per heavy atom. The maximum atomic E-state index is 10.5. The van der Waals surface area contributed by atoms with Crippen LogP contribution in [0.5, 0.6) is 0 Å². The van der Waals surface area contributed by atoms with Crippen LogP contribution in [0.2, 0.25) is 0 Å². The Balaban J connectivity index is 0. The van der Waals surface area contributed by atoms with Crippen molar-refractivity contribution in [3.63, 3.8) is 0 Å². The average Bonchev–Trinajstić information content (AvgIpc) is 2.11. The monoisotopic (exact) mass is 366 g/mol. The summed E-state index contributed by atoms with van der Waals surface area (Å²) < 4.78 is 0.